The van der Waals surface area contributed by atoms with Gasteiger partial charge >= 0.3 is 0 Å². The van der Waals surface area contributed by atoms with Crippen LogP contribution in [0.25, 0.3) is 0 Å². The fourth-order valence-corrected chi connectivity index (χ4v) is 5.06. The summed E-state index contributed by atoms with van der Waals surface area (Å²) in [6.45, 7) is 9.91. The molecule has 15 heavy (non-hydrogen) atoms. The maximum atomic E-state index is 6.00. The van der Waals surface area contributed by atoms with Crippen molar-refractivity contribution in [1.29, 1.82) is 0 Å². The van der Waals surface area contributed by atoms with Gasteiger partial charge in [0.05, 0.1) is 5.69 Å². The van der Waals surface area contributed by atoms with Crippen LogP contribution in [0.4, 0.5) is 0 Å². The van der Waals surface area contributed by atoms with Crippen LogP contribution in [0.5, 0.6) is 0 Å². The lowest BCUT2D eigenvalue weighted by molar-refractivity contribution is 0.306. The van der Waals surface area contributed by atoms with Gasteiger partial charge < -0.3 is 4.43 Å². The van der Waals surface area contributed by atoms with Crippen LogP contribution < -0.4 is 0 Å². The summed E-state index contributed by atoms with van der Waals surface area (Å²) in [5.41, 5.74) is 3.96. The van der Waals surface area contributed by atoms with Crippen LogP contribution in [0.15, 0.2) is 5.38 Å². The Morgan fingerprint density at radius 3 is 2.80 bits per heavy atom. The smallest absolute Gasteiger partial charge is 0.186 e. The maximum absolute atomic E-state index is 6.00. The van der Waals surface area contributed by atoms with Crippen molar-refractivity contribution in [2.45, 2.75) is 39.4 Å². The molecule has 1 rings (SSSR count). The molecule has 0 aliphatic rings. The standard InChI is InChI=1S/C11H20NOSSi/c1-10(2)8-15(3,4)13-6-5-11-7-14-9-12-11/h7,10H,5-6,8H2,1-4H3. The molecular formula is C11H20NOSSi. The van der Waals surface area contributed by atoms with Crippen molar-refractivity contribution in [2.24, 2.45) is 5.92 Å². The summed E-state index contributed by atoms with van der Waals surface area (Å²) in [6, 6.07) is 1.23. The zero-order chi connectivity index (χ0) is 11.3. The van der Waals surface area contributed by atoms with E-state index in [9.17, 15) is 0 Å². The number of thiazole rings is 1. The summed E-state index contributed by atoms with van der Waals surface area (Å²) in [6.07, 6.45) is 0.925. The first-order chi connectivity index (χ1) is 6.99. The third-order valence-corrected chi connectivity index (χ3v) is 5.56. The van der Waals surface area contributed by atoms with E-state index in [2.05, 4.69) is 37.4 Å². The number of hydrogen-bond donors (Lipinski definition) is 0. The van der Waals surface area contributed by atoms with E-state index >= 15 is 0 Å². The molecule has 0 aliphatic heterocycles. The molecule has 0 unspecified atom stereocenters. The molecule has 0 saturated heterocycles. The van der Waals surface area contributed by atoms with Crippen molar-refractivity contribution in [3.8, 4) is 0 Å². The monoisotopic (exact) mass is 242 g/mol. The molecule has 1 aromatic rings. The number of aromatic nitrogens is 1. The van der Waals surface area contributed by atoms with E-state index < -0.39 is 8.32 Å². The van der Waals surface area contributed by atoms with E-state index in [0.29, 0.717) is 0 Å². The molecule has 4 heteroatoms. The van der Waals surface area contributed by atoms with Gasteiger partial charge in [0, 0.05) is 18.4 Å². The average molecular weight is 242 g/mol. The van der Waals surface area contributed by atoms with E-state index in [1.54, 1.807) is 0 Å². The molecule has 2 nitrogen and oxygen atoms in total. The van der Waals surface area contributed by atoms with Gasteiger partial charge in [-0.3, -0.25) is 0 Å². The Labute approximate surface area is 97.8 Å². The maximum Gasteiger partial charge on any atom is 0.186 e. The van der Waals surface area contributed by atoms with Crippen LogP contribution in [0, 0.1) is 11.4 Å². The largest absolute Gasteiger partial charge is 0.417 e. The van der Waals surface area contributed by atoms with Gasteiger partial charge in [0.15, 0.2) is 13.8 Å². The second kappa shape index (κ2) is 5.77. The summed E-state index contributed by atoms with van der Waals surface area (Å²) in [4.78, 5) is 4.13. The van der Waals surface area contributed by atoms with E-state index in [0.717, 1.165) is 24.6 Å². The minimum atomic E-state index is -1.43. The minimum Gasteiger partial charge on any atom is -0.417 e. The Bertz CT molecular complexity index is 272. The molecule has 0 bridgehead atoms. The molecule has 1 radical (unpaired) electrons. The molecule has 0 aliphatic carbocycles. The SMILES string of the molecule is CC(C)C[Si](C)(C)OCCc1cs[c]n1. The summed E-state index contributed by atoms with van der Waals surface area (Å²) in [7, 11) is -1.43. The number of hydrogen-bond acceptors (Lipinski definition) is 3. The van der Waals surface area contributed by atoms with Gasteiger partial charge in [0.25, 0.3) is 0 Å². The zero-order valence-electron chi connectivity index (χ0n) is 10.0. The van der Waals surface area contributed by atoms with Gasteiger partial charge in [0.2, 0.25) is 0 Å². The molecule has 1 heterocycles. The van der Waals surface area contributed by atoms with Gasteiger partial charge in [-0.2, -0.15) is 0 Å². The molecule has 0 amide bonds. The molecule has 0 saturated carbocycles. The third-order valence-electron chi connectivity index (χ3n) is 2.19. The summed E-state index contributed by atoms with van der Waals surface area (Å²) >= 11 is 1.53. The first-order valence-corrected chi connectivity index (χ1v) is 9.43. The Hall–Kier alpha value is -0.193. The Morgan fingerprint density at radius 2 is 2.27 bits per heavy atom. The summed E-state index contributed by atoms with van der Waals surface area (Å²) in [5.74, 6) is 0.735. The topological polar surface area (TPSA) is 22.1 Å². The van der Waals surface area contributed by atoms with Crippen LogP contribution in [0.2, 0.25) is 19.1 Å². The van der Waals surface area contributed by atoms with Gasteiger partial charge in [-0.05, 0) is 25.1 Å². The van der Waals surface area contributed by atoms with Crippen LogP contribution >= 0.6 is 11.3 Å². The highest BCUT2D eigenvalue weighted by molar-refractivity contribution is 7.07. The lowest BCUT2D eigenvalue weighted by atomic mass is 10.3. The summed E-state index contributed by atoms with van der Waals surface area (Å²) < 4.78 is 6.00. The predicted octanol–water partition coefficient (Wildman–Crippen LogP) is 3.36. The highest BCUT2D eigenvalue weighted by atomic mass is 32.1. The molecule has 85 valence electrons. The molecule has 1 aromatic heterocycles. The van der Waals surface area contributed by atoms with Gasteiger partial charge in [-0.25, -0.2) is 4.98 Å². The van der Waals surface area contributed by atoms with Crippen molar-refractivity contribution in [1.82, 2.24) is 4.98 Å². The molecule has 0 atom stereocenters. The highest BCUT2D eigenvalue weighted by Crippen LogP contribution is 2.17. The quantitative estimate of drug-likeness (QED) is 0.714. The van der Waals surface area contributed by atoms with Crippen LogP contribution in [0.1, 0.15) is 19.5 Å². The van der Waals surface area contributed by atoms with Crippen molar-refractivity contribution in [3.63, 3.8) is 0 Å². The van der Waals surface area contributed by atoms with Crippen molar-refractivity contribution in [3.05, 3.63) is 16.6 Å². The van der Waals surface area contributed by atoms with Crippen molar-refractivity contribution < 1.29 is 4.43 Å². The van der Waals surface area contributed by atoms with Gasteiger partial charge in [0.1, 0.15) is 0 Å². The fourth-order valence-electron chi connectivity index (χ4n) is 1.79. The van der Waals surface area contributed by atoms with Crippen molar-refractivity contribution in [2.75, 3.05) is 6.61 Å². The number of rotatable bonds is 6. The summed E-state index contributed by atoms with van der Waals surface area (Å²) in [5, 5.41) is 2.04. The average Bonchev–Trinajstić information content (AvgIpc) is 2.53. The van der Waals surface area contributed by atoms with E-state index in [1.165, 1.54) is 17.4 Å². The van der Waals surface area contributed by atoms with Gasteiger partial charge in [-0.15, -0.1) is 11.3 Å². The second-order valence-electron chi connectivity index (χ2n) is 4.89. The van der Waals surface area contributed by atoms with E-state index in [4.69, 9.17) is 4.43 Å². The normalized spacial score (nSPS) is 12.3. The van der Waals surface area contributed by atoms with Crippen LogP contribution in [-0.2, 0) is 10.8 Å². The van der Waals surface area contributed by atoms with Crippen LogP contribution in [0.3, 0.4) is 0 Å². The van der Waals surface area contributed by atoms with Gasteiger partial charge in [-0.1, -0.05) is 13.8 Å². The third kappa shape index (κ3) is 5.44. The van der Waals surface area contributed by atoms with E-state index in [1.807, 2.05) is 5.38 Å². The fraction of sp³-hybridized carbons (Fsp3) is 0.727. The molecule has 0 spiro atoms. The Balaban J connectivity index is 2.24. The van der Waals surface area contributed by atoms with Crippen molar-refractivity contribution >= 4 is 19.7 Å². The predicted molar refractivity (Wildman–Crippen MR) is 67.7 cm³/mol. The van der Waals surface area contributed by atoms with Crippen LogP contribution in [-0.4, -0.2) is 19.9 Å². The minimum absolute atomic E-state index is 0.735. The number of nitrogens with zero attached hydrogens (tertiary/aromatic N) is 1. The molecule has 0 aromatic carbocycles. The lowest BCUT2D eigenvalue weighted by Gasteiger charge is -2.24. The molecule has 0 fully saturated rings. The Morgan fingerprint density at radius 1 is 1.53 bits per heavy atom. The lowest BCUT2D eigenvalue weighted by Crippen LogP contribution is -2.32. The molecular weight excluding hydrogens is 222 g/mol. The molecule has 0 N–H and O–H groups in total. The Kier molecular flexibility index (Phi) is 4.95. The first-order valence-electron chi connectivity index (χ1n) is 5.44. The second-order valence-corrected chi connectivity index (χ2v) is 9.76. The zero-order valence-corrected chi connectivity index (χ0v) is 11.9. The highest BCUT2D eigenvalue weighted by Gasteiger charge is 2.23. The first kappa shape index (κ1) is 12.9. The van der Waals surface area contributed by atoms with E-state index in [-0.39, 0.29) is 0 Å².